The van der Waals surface area contributed by atoms with E-state index in [0.29, 0.717) is 52.5 Å². The van der Waals surface area contributed by atoms with E-state index in [4.69, 9.17) is 23.7 Å². The third-order valence-electron chi connectivity index (χ3n) is 7.93. The highest BCUT2D eigenvalue weighted by Gasteiger charge is 2.46. The van der Waals surface area contributed by atoms with Crippen molar-refractivity contribution in [2.45, 2.75) is 110 Å². The number of hydrogen-bond donors (Lipinski definition) is 3. The summed E-state index contributed by atoms with van der Waals surface area (Å²) in [6, 6.07) is 0. The Kier molecular flexibility index (Phi) is 12.6. The molecule has 0 spiro atoms. The minimum Gasteiger partial charge on any atom is -0.444 e. The molecule has 270 valence electrons. The minimum absolute atomic E-state index is 0.0440. The SMILES string of the molecule is C=C[C@@H]1CN(C(=O)OC(C)(C)C)C[C@@H]1O.CC(C)(C)OC(=O)N1C[C@@H]([C@@H]2CO2)[C@@H](O)C1.CC(C)(C)OC(=O)N1C[C@@H]([C@H]2CO2)[C@@H](O)C1. The maximum atomic E-state index is 11.7. The molecule has 0 radical (unpaired) electrons. The van der Waals surface area contributed by atoms with Crippen LogP contribution in [-0.4, -0.2) is 148 Å². The Morgan fingerprint density at radius 1 is 0.596 bits per heavy atom. The fourth-order valence-corrected chi connectivity index (χ4v) is 5.43. The van der Waals surface area contributed by atoms with Crippen LogP contribution in [0.4, 0.5) is 14.4 Å². The molecule has 0 bridgehead atoms. The molecule has 5 aliphatic heterocycles. The Hall–Kier alpha value is -2.65. The number of aliphatic hydroxyl groups excluding tert-OH is 3. The van der Waals surface area contributed by atoms with Gasteiger partial charge in [0.1, 0.15) is 16.8 Å². The summed E-state index contributed by atoms with van der Waals surface area (Å²) < 4.78 is 26.0. The number of carbonyl (C=O) groups excluding carboxylic acids is 3. The van der Waals surface area contributed by atoms with Gasteiger partial charge in [-0.15, -0.1) is 6.58 Å². The lowest BCUT2D eigenvalue weighted by Crippen LogP contribution is -2.36. The van der Waals surface area contributed by atoms with Crippen LogP contribution in [0.25, 0.3) is 0 Å². The fraction of sp³-hybridized carbons (Fsp3) is 0.848. The van der Waals surface area contributed by atoms with E-state index in [-0.39, 0.29) is 48.2 Å². The van der Waals surface area contributed by atoms with E-state index in [1.165, 1.54) is 4.90 Å². The van der Waals surface area contributed by atoms with Gasteiger partial charge < -0.3 is 53.7 Å². The van der Waals surface area contributed by atoms with E-state index in [0.717, 1.165) is 0 Å². The number of ether oxygens (including phenoxy) is 5. The summed E-state index contributed by atoms with van der Waals surface area (Å²) in [5.74, 6) is 0.0533. The summed E-state index contributed by atoms with van der Waals surface area (Å²) in [4.78, 5) is 39.8. The summed E-state index contributed by atoms with van der Waals surface area (Å²) in [7, 11) is 0. The quantitative estimate of drug-likeness (QED) is 0.229. The molecule has 14 nitrogen and oxygen atoms in total. The lowest BCUT2D eigenvalue weighted by molar-refractivity contribution is 0.0260. The maximum absolute atomic E-state index is 11.7. The zero-order valence-corrected chi connectivity index (χ0v) is 29.5. The van der Waals surface area contributed by atoms with E-state index >= 15 is 0 Å². The Morgan fingerprint density at radius 2 is 0.894 bits per heavy atom. The van der Waals surface area contributed by atoms with E-state index < -0.39 is 35.1 Å². The third kappa shape index (κ3) is 12.7. The molecule has 0 aromatic heterocycles. The molecule has 3 amide bonds. The second-order valence-electron chi connectivity index (χ2n) is 15.8. The van der Waals surface area contributed by atoms with Gasteiger partial charge in [-0.1, -0.05) is 6.08 Å². The molecule has 14 heteroatoms. The Labute approximate surface area is 278 Å². The Morgan fingerprint density at radius 3 is 1.15 bits per heavy atom. The highest BCUT2D eigenvalue weighted by molar-refractivity contribution is 5.69. The van der Waals surface area contributed by atoms with Crippen molar-refractivity contribution in [1.82, 2.24) is 14.7 Å². The highest BCUT2D eigenvalue weighted by atomic mass is 16.6. The first kappa shape index (κ1) is 38.8. The minimum atomic E-state index is -0.519. The van der Waals surface area contributed by atoms with Crippen molar-refractivity contribution in [1.29, 1.82) is 0 Å². The number of hydrogen-bond acceptors (Lipinski definition) is 11. The summed E-state index contributed by atoms with van der Waals surface area (Å²) in [5.41, 5.74) is -1.47. The maximum Gasteiger partial charge on any atom is 0.410 e. The molecule has 0 aromatic carbocycles. The molecule has 0 aliphatic carbocycles. The zero-order valence-electron chi connectivity index (χ0n) is 29.5. The van der Waals surface area contributed by atoms with Crippen molar-refractivity contribution in [3.8, 4) is 0 Å². The normalized spacial score (nSPS) is 31.6. The predicted molar refractivity (Wildman–Crippen MR) is 172 cm³/mol. The summed E-state index contributed by atoms with van der Waals surface area (Å²) >= 11 is 0. The first-order valence-corrected chi connectivity index (χ1v) is 16.4. The van der Waals surface area contributed by atoms with Crippen LogP contribution in [0.1, 0.15) is 62.3 Å². The smallest absolute Gasteiger partial charge is 0.410 e. The number of nitrogens with zero attached hydrogens (tertiary/aromatic N) is 3. The number of epoxide rings is 2. The summed E-state index contributed by atoms with van der Waals surface area (Å²) in [6.45, 7) is 24.0. The molecule has 0 aromatic rings. The number of β-amino-alcohol motifs (C(OH)–C–C–N with tert-alkyl or cyclic N) is 3. The lowest BCUT2D eigenvalue weighted by atomic mass is 10.0. The van der Waals surface area contributed by atoms with Crippen molar-refractivity contribution in [2.75, 3.05) is 52.5 Å². The molecule has 0 unspecified atom stereocenters. The first-order chi connectivity index (χ1) is 21.6. The number of amides is 3. The molecular weight excluding hydrogens is 614 g/mol. The van der Waals surface area contributed by atoms with Crippen LogP contribution in [0.15, 0.2) is 12.7 Å². The van der Waals surface area contributed by atoms with Crippen LogP contribution < -0.4 is 0 Å². The third-order valence-corrected chi connectivity index (χ3v) is 7.93. The average Bonchev–Trinajstić information content (AvgIpc) is 3.83. The molecule has 5 saturated heterocycles. The van der Waals surface area contributed by atoms with Gasteiger partial charge in [-0.05, 0) is 62.3 Å². The van der Waals surface area contributed by atoms with Crippen LogP contribution in [0.3, 0.4) is 0 Å². The van der Waals surface area contributed by atoms with Crippen LogP contribution in [0, 0.1) is 17.8 Å². The van der Waals surface area contributed by atoms with E-state index in [2.05, 4.69) is 6.58 Å². The molecular formula is C33H57N3O11. The molecule has 8 atom stereocenters. The second kappa shape index (κ2) is 15.3. The van der Waals surface area contributed by atoms with Crippen molar-refractivity contribution >= 4 is 18.3 Å². The lowest BCUT2D eigenvalue weighted by Gasteiger charge is -2.24. The molecule has 5 heterocycles. The van der Waals surface area contributed by atoms with Crippen molar-refractivity contribution in [2.24, 2.45) is 17.8 Å². The molecule has 5 rings (SSSR count). The van der Waals surface area contributed by atoms with Crippen LogP contribution in [-0.2, 0) is 23.7 Å². The van der Waals surface area contributed by atoms with Gasteiger partial charge in [0.15, 0.2) is 0 Å². The highest BCUT2D eigenvalue weighted by Crippen LogP contribution is 2.31. The molecule has 0 saturated carbocycles. The van der Waals surface area contributed by atoms with Crippen LogP contribution in [0.2, 0.25) is 0 Å². The van der Waals surface area contributed by atoms with E-state index in [1.54, 1.807) is 15.9 Å². The van der Waals surface area contributed by atoms with Gasteiger partial charge >= 0.3 is 18.3 Å². The standard InChI is InChI=1S/2C11H19NO4.C11H19NO3/c2*1-11(2,3)16-10(14)12-4-7(8(13)5-12)9-6-15-9;1-5-8-6-12(7-9(8)13)10(14)15-11(2,3)4/h2*7-9,13H,4-6H2,1-3H3;5,8-9,13H,1,6-7H2,2-4H3/t7-,8+,9+;7-,8+,9-;8-,9+/m111/s1. The zero-order chi connectivity index (χ0) is 35.5. The summed E-state index contributed by atoms with van der Waals surface area (Å²) in [5, 5.41) is 29.2. The monoisotopic (exact) mass is 671 g/mol. The fourth-order valence-electron chi connectivity index (χ4n) is 5.43. The molecule has 5 aliphatic rings. The molecule has 5 fully saturated rings. The number of rotatable bonds is 3. The van der Waals surface area contributed by atoms with Gasteiger partial charge in [0, 0.05) is 37.4 Å². The van der Waals surface area contributed by atoms with Crippen LogP contribution in [0.5, 0.6) is 0 Å². The van der Waals surface area contributed by atoms with Gasteiger partial charge in [-0.3, -0.25) is 0 Å². The van der Waals surface area contributed by atoms with Gasteiger partial charge in [0.25, 0.3) is 0 Å². The van der Waals surface area contributed by atoms with E-state index in [9.17, 15) is 29.7 Å². The average molecular weight is 672 g/mol. The van der Waals surface area contributed by atoms with Crippen LogP contribution >= 0.6 is 0 Å². The number of likely N-dealkylation sites (tertiary alicyclic amines) is 3. The largest absolute Gasteiger partial charge is 0.444 e. The van der Waals surface area contributed by atoms with Crippen molar-refractivity contribution < 1.29 is 53.4 Å². The van der Waals surface area contributed by atoms with Crippen molar-refractivity contribution in [3.63, 3.8) is 0 Å². The molecule has 47 heavy (non-hydrogen) atoms. The number of carbonyl (C=O) groups is 3. The van der Waals surface area contributed by atoms with E-state index in [1.807, 2.05) is 62.3 Å². The van der Waals surface area contributed by atoms with Gasteiger partial charge in [0.2, 0.25) is 0 Å². The predicted octanol–water partition coefficient (Wildman–Crippen LogP) is 2.63. The second-order valence-corrected chi connectivity index (χ2v) is 15.8. The van der Waals surface area contributed by atoms with Gasteiger partial charge in [0.05, 0.1) is 63.4 Å². The Balaban J connectivity index is 0.000000192. The topological polar surface area (TPSA) is 174 Å². The molecule has 3 N–H and O–H groups in total. The van der Waals surface area contributed by atoms with Crippen molar-refractivity contribution in [3.05, 3.63) is 12.7 Å². The number of aliphatic hydroxyl groups is 3. The van der Waals surface area contributed by atoms with Gasteiger partial charge in [-0.25, -0.2) is 14.4 Å². The Bertz CT molecular complexity index is 1030. The summed E-state index contributed by atoms with van der Waals surface area (Å²) in [6.07, 6.45) is -0.634. The van der Waals surface area contributed by atoms with Gasteiger partial charge in [-0.2, -0.15) is 0 Å². The first-order valence-electron chi connectivity index (χ1n) is 16.4.